The molecule has 0 saturated carbocycles. The first-order chi connectivity index (χ1) is 3.55. The third-order valence-electron chi connectivity index (χ3n) is 0.479. The second kappa shape index (κ2) is 2.58. The van der Waals surface area contributed by atoms with Crippen molar-refractivity contribution in [3.8, 4) is 0 Å². The van der Waals surface area contributed by atoms with Crippen LogP contribution in [0.1, 0.15) is 0 Å². The van der Waals surface area contributed by atoms with Crippen LogP contribution in [0, 0.1) is 0 Å². The molecule has 6 N–H and O–H groups in total. The number of rotatable bonds is 1. The highest BCUT2D eigenvalue weighted by atomic mass is 16.5. The van der Waals surface area contributed by atoms with Crippen LogP contribution >= 0.6 is 0 Å². The van der Waals surface area contributed by atoms with Crippen LogP contribution in [0.2, 0.25) is 0 Å². The fourth-order valence-electron chi connectivity index (χ4n) is 0.136. The van der Waals surface area contributed by atoms with E-state index in [1.165, 1.54) is 0 Å². The number of carbonyl (C=O) groups is 1. The smallest absolute Gasteiger partial charge is 0.304 e. The second-order valence-corrected chi connectivity index (χ2v) is 1.13. The van der Waals surface area contributed by atoms with E-state index in [0.717, 1.165) is 0 Å². The van der Waals surface area contributed by atoms with Gasteiger partial charge in [-0.15, -0.1) is 0 Å². The number of hydrogen-bond acceptors (Lipinski definition) is 5. The van der Waals surface area contributed by atoms with Crippen molar-refractivity contribution in [3.63, 3.8) is 0 Å². The topological polar surface area (TPSA) is 113 Å². The molecular weight excluding hydrogens is 114 g/mol. The molecule has 0 bridgehead atoms. The highest BCUT2D eigenvalue weighted by Gasteiger charge is 2.12. The first-order valence-electron chi connectivity index (χ1n) is 1.77. The monoisotopic (exact) mass is 121 g/mol. The number of nitrogens with two attached hydrogens (primary N) is 2. The number of hydroxylamine groups is 1. The van der Waals surface area contributed by atoms with Crippen LogP contribution in [0.5, 0.6) is 0 Å². The molecule has 6 heteroatoms. The van der Waals surface area contributed by atoms with Crippen LogP contribution in [-0.2, 0) is 4.79 Å². The van der Waals surface area contributed by atoms with Gasteiger partial charge < -0.3 is 5.11 Å². The van der Waals surface area contributed by atoms with Crippen LogP contribution in [0.3, 0.4) is 0 Å². The summed E-state index contributed by atoms with van der Waals surface area (Å²) in [5.74, 6) is 3.29. The molecule has 48 valence electrons. The number of aliphatic hydroxyl groups is 1. The van der Waals surface area contributed by atoms with Gasteiger partial charge in [-0.05, 0) is 0 Å². The Morgan fingerprint density at radius 1 is 1.75 bits per heavy atom. The zero-order valence-electron chi connectivity index (χ0n) is 3.98. The maximum Gasteiger partial charge on any atom is 0.304 e. The maximum atomic E-state index is 10.0. The van der Waals surface area contributed by atoms with E-state index in [1.54, 1.807) is 0 Å². The average molecular weight is 121 g/mol. The number of hydrogen-bond donors (Lipinski definition) is 4. The summed E-state index contributed by atoms with van der Waals surface area (Å²) >= 11 is 0. The largest absolute Gasteiger partial charge is 0.370 e. The lowest BCUT2D eigenvalue weighted by atomic mass is 10.6. The van der Waals surface area contributed by atoms with E-state index >= 15 is 0 Å². The lowest BCUT2D eigenvalue weighted by Gasteiger charge is -2.07. The quantitative estimate of drug-likeness (QED) is 0.0995. The summed E-state index contributed by atoms with van der Waals surface area (Å²) in [6, 6.07) is 0. The number of aliphatic hydroxyl groups excluding tert-OH is 1. The van der Waals surface area contributed by atoms with Gasteiger partial charge in [0.1, 0.15) is 0 Å². The van der Waals surface area contributed by atoms with Crippen molar-refractivity contribution in [3.05, 3.63) is 0 Å². The number of nitrogens with zero attached hydrogens (tertiary/aromatic N) is 1. The van der Waals surface area contributed by atoms with Gasteiger partial charge >= 0.3 is 5.91 Å². The predicted molar refractivity (Wildman–Crippen MR) is 23.0 cm³/mol. The molecule has 0 aromatic carbocycles. The van der Waals surface area contributed by atoms with Crippen LogP contribution < -0.4 is 11.6 Å². The van der Waals surface area contributed by atoms with E-state index < -0.39 is 12.1 Å². The van der Waals surface area contributed by atoms with Gasteiger partial charge in [0.15, 0.2) is 6.23 Å². The first kappa shape index (κ1) is 7.31. The van der Waals surface area contributed by atoms with Gasteiger partial charge in [-0.25, -0.2) is 5.84 Å². The van der Waals surface area contributed by atoms with Crippen LogP contribution in [0.25, 0.3) is 0 Å². The molecule has 0 fully saturated rings. The summed E-state index contributed by atoms with van der Waals surface area (Å²) in [5, 5.41) is 15.9. The van der Waals surface area contributed by atoms with Crippen molar-refractivity contribution in [2.45, 2.75) is 6.23 Å². The second-order valence-electron chi connectivity index (χ2n) is 1.13. The van der Waals surface area contributed by atoms with Gasteiger partial charge in [0.2, 0.25) is 0 Å². The molecule has 0 aliphatic heterocycles. The first-order valence-corrected chi connectivity index (χ1v) is 1.77. The molecule has 0 aliphatic carbocycles. The van der Waals surface area contributed by atoms with Crippen LogP contribution in [-0.4, -0.2) is 27.6 Å². The normalized spacial score (nSPS) is 13.0. The summed E-state index contributed by atoms with van der Waals surface area (Å²) in [6.07, 6.45) is -1.75. The highest BCUT2D eigenvalue weighted by Crippen LogP contribution is 1.74. The predicted octanol–water partition coefficient (Wildman–Crippen LogP) is -2.65. The maximum absolute atomic E-state index is 10.0. The van der Waals surface area contributed by atoms with Gasteiger partial charge in [0.05, 0.1) is 0 Å². The van der Waals surface area contributed by atoms with E-state index in [-0.39, 0.29) is 5.17 Å². The molecule has 0 radical (unpaired) electrons. The van der Waals surface area contributed by atoms with Crippen molar-refractivity contribution >= 4 is 5.91 Å². The van der Waals surface area contributed by atoms with Gasteiger partial charge in [-0.1, -0.05) is 0 Å². The molecule has 1 amide bonds. The Kier molecular flexibility index (Phi) is 2.35. The number of carbonyl (C=O) groups excluding carboxylic acids is 1. The van der Waals surface area contributed by atoms with Crippen molar-refractivity contribution in [1.82, 2.24) is 5.17 Å². The Hall–Kier alpha value is -0.690. The highest BCUT2D eigenvalue weighted by molar-refractivity contribution is 5.78. The van der Waals surface area contributed by atoms with E-state index in [2.05, 4.69) is 11.6 Å². The number of amides is 1. The average Bonchev–Trinajstić information content (AvgIpc) is 1.64. The van der Waals surface area contributed by atoms with Gasteiger partial charge in [-0.2, -0.15) is 5.17 Å². The van der Waals surface area contributed by atoms with Crippen molar-refractivity contribution < 1.29 is 15.1 Å². The van der Waals surface area contributed by atoms with Crippen LogP contribution in [0.4, 0.5) is 0 Å². The summed E-state index contributed by atoms with van der Waals surface area (Å²) < 4.78 is 0. The number of hydrazine groups is 1. The Morgan fingerprint density at radius 3 is 2.12 bits per heavy atom. The SMILES string of the molecule is N[C@H](O)C(=O)N(N)O. The van der Waals surface area contributed by atoms with E-state index in [4.69, 9.17) is 10.3 Å². The fourth-order valence-corrected chi connectivity index (χ4v) is 0.136. The molecular formula is C2H7N3O3. The van der Waals surface area contributed by atoms with Crippen molar-refractivity contribution in [1.29, 1.82) is 0 Å². The van der Waals surface area contributed by atoms with E-state index in [9.17, 15) is 4.79 Å². The molecule has 6 nitrogen and oxygen atoms in total. The van der Waals surface area contributed by atoms with Gasteiger partial charge in [0, 0.05) is 0 Å². The van der Waals surface area contributed by atoms with Crippen molar-refractivity contribution in [2.75, 3.05) is 0 Å². The Balaban J connectivity index is 3.65. The minimum atomic E-state index is -1.75. The third-order valence-corrected chi connectivity index (χ3v) is 0.479. The lowest BCUT2D eigenvalue weighted by Crippen LogP contribution is -2.45. The third kappa shape index (κ3) is 1.85. The molecule has 1 atom stereocenters. The summed E-state index contributed by atoms with van der Waals surface area (Å²) in [5.41, 5.74) is 4.56. The molecule has 0 saturated heterocycles. The van der Waals surface area contributed by atoms with E-state index in [1.807, 2.05) is 0 Å². The van der Waals surface area contributed by atoms with Gasteiger partial charge in [0.25, 0.3) is 0 Å². The molecule has 0 aliphatic rings. The lowest BCUT2D eigenvalue weighted by molar-refractivity contribution is -0.175. The molecule has 0 heterocycles. The molecule has 0 rings (SSSR count). The Labute approximate surface area is 45.2 Å². The standard InChI is InChI=1S/C2H7N3O3/c3-1(6)2(7)5(4)8/h1,6,8H,3-4H2/t1-/m1/s1. The Bertz CT molecular complexity index is 80.5. The Morgan fingerprint density at radius 2 is 2.12 bits per heavy atom. The molecule has 0 unspecified atom stereocenters. The minimum Gasteiger partial charge on any atom is -0.370 e. The zero-order chi connectivity index (χ0) is 6.73. The fraction of sp³-hybridized carbons (Fsp3) is 0.500. The van der Waals surface area contributed by atoms with Crippen molar-refractivity contribution in [2.24, 2.45) is 11.6 Å². The summed E-state index contributed by atoms with van der Waals surface area (Å²) in [7, 11) is 0. The molecule has 0 aromatic rings. The van der Waals surface area contributed by atoms with Gasteiger partial charge in [-0.3, -0.25) is 15.7 Å². The molecule has 0 spiro atoms. The van der Waals surface area contributed by atoms with E-state index in [0.29, 0.717) is 0 Å². The minimum absolute atomic E-state index is 0.273. The molecule has 8 heavy (non-hydrogen) atoms. The molecule has 0 aromatic heterocycles. The zero-order valence-corrected chi connectivity index (χ0v) is 3.98. The summed E-state index contributed by atoms with van der Waals surface area (Å²) in [6.45, 7) is 0. The van der Waals surface area contributed by atoms with Crippen LogP contribution in [0.15, 0.2) is 0 Å². The summed E-state index contributed by atoms with van der Waals surface area (Å²) in [4.78, 5) is 10.0.